The monoisotopic (exact) mass is 446 g/mol. The van der Waals surface area contributed by atoms with Gasteiger partial charge in [-0.1, -0.05) is 23.2 Å². The SMILES string of the molecule is CN(c1ncnc2[nH]ccc12)[C@@H]1CCCCN(C(=O)CNc2cc(Cl)cc(Cl)c2)C1. The van der Waals surface area contributed by atoms with Crippen molar-refractivity contribution in [2.45, 2.75) is 25.3 Å². The normalized spacial score (nSPS) is 17.0. The Morgan fingerprint density at radius 2 is 2.07 bits per heavy atom. The highest BCUT2D eigenvalue weighted by atomic mass is 35.5. The number of hydrogen-bond donors (Lipinski definition) is 2. The standard InChI is InChI=1S/C21H24Cl2N6O/c1-28(21-18-5-6-24-20(18)26-13-27-21)17-4-2-3-7-29(12-17)19(30)11-25-16-9-14(22)8-15(23)10-16/h5-6,8-10,13,17,25H,2-4,7,11-12H2,1H3,(H,24,26,27)/t17-/m1/s1. The fourth-order valence-electron chi connectivity index (χ4n) is 3.92. The number of nitrogens with one attached hydrogen (secondary N) is 2. The molecule has 4 rings (SSSR count). The molecule has 0 radical (unpaired) electrons. The van der Waals surface area contributed by atoms with Gasteiger partial charge >= 0.3 is 0 Å². The maximum Gasteiger partial charge on any atom is 0.241 e. The molecule has 1 amide bonds. The molecule has 1 aromatic carbocycles. The van der Waals surface area contributed by atoms with Gasteiger partial charge in [0.15, 0.2) is 0 Å². The number of carbonyl (C=O) groups excluding carboxylic acids is 1. The van der Waals surface area contributed by atoms with Gasteiger partial charge in [-0.2, -0.15) is 0 Å². The van der Waals surface area contributed by atoms with Crippen LogP contribution in [0.4, 0.5) is 11.5 Å². The van der Waals surface area contributed by atoms with Gasteiger partial charge in [-0.15, -0.1) is 0 Å². The second kappa shape index (κ2) is 9.10. The lowest BCUT2D eigenvalue weighted by molar-refractivity contribution is -0.129. The zero-order valence-electron chi connectivity index (χ0n) is 16.7. The number of likely N-dealkylation sites (tertiary alicyclic amines) is 1. The summed E-state index contributed by atoms with van der Waals surface area (Å²) in [6, 6.07) is 7.36. The highest BCUT2D eigenvalue weighted by molar-refractivity contribution is 6.35. The van der Waals surface area contributed by atoms with E-state index in [9.17, 15) is 4.79 Å². The molecule has 158 valence electrons. The van der Waals surface area contributed by atoms with Gasteiger partial charge < -0.3 is 20.1 Å². The highest BCUT2D eigenvalue weighted by Gasteiger charge is 2.26. The summed E-state index contributed by atoms with van der Waals surface area (Å²) in [5.74, 6) is 0.938. The second-order valence-corrected chi connectivity index (χ2v) is 8.42. The molecule has 1 aliphatic rings. The number of likely N-dealkylation sites (N-methyl/N-ethyl adjacent to an activating group) is 1. The average molecular weight is 447 g/mol. The second-order valence-electron chi connectivity index (χ2n) is 7.55. The minimum Gasteiger partial charge on any atom is -0.376 e. The number of rotatable bonds is 5. The van der Waals surface area contributed by atoms with Gasteiger partial charge in [0, 0.05) is 48.1 Å². The van der Waals surface area contributed by atoms with Crippen LogP contribution < -0.4 is 10.2 Å². The van der Waals surface area contributed by atoms with Gasteiger partial charge in [-0.3, -0.25) is 4.79 Å². The van der Waals surface area contributed by atoms with Crippen molar-refractivity contribution in [1.29, 1.82) is 0 Å². The fourth-order valence-corrected chi connectivity index (χ4v) is 4.45. The first-order chi connectivity index (χ1) is 14.5. The van der Waals surface area contributed by atoms with E-state index in [1.54, 1.807) is 24.5 Å². The summed E-state index contributed by atoms with van der Waals surface area (Å²) in [5.41, 5.74) is 1.55. The van der Waals surface area contributed by atoms with Crippen molar-refractivity contribution in [1.82, 2.24) is 19.9 Å². The summed E-state index contributed by atoms with van der Waals surface area (Å²) >= 11 is 12.1. The van der Waals surface area contributed by atoms with Gasteiger partial charge in [0.1, 0.15) is 17.8 Å². The maximum absolute atomic E-state index is 12.9. The van der Waals surface area contributed by atoms with Crippen LogP contribution in [0.15, 0.2) is 36.8 Å². The van der Waals surface area contributed by atoms with Gasteiger partial charge in [-0.25, -0.2) is 9.97 Å². The van der Waals surface area contributed by atoms with E-state index in [1.807, 2.05) is 24.2 Å². The van der Waals surface area contributed by atoms with E-state index < -0.39 is 0 Å². The van der Waals surface area contributed by atoms with E-state index in [1.165, 1.54) is 0 Å². The number of halogens is 2. The van der Waals surface area contributed by atoms with Crippen LogP contribution >= 0.6 is 23.2 Å². The molecule has 30 heavy (non-hydrogen) atoms. The lowest BCUT2D eigenvalue weighted by atomic mass is 10.1. The molecule has 3 heterocycles. The van der Waals surface area contributed by atoms with E-state index in [2.05, 4.69) is 25.2 Å². The van der Waals surface area contributed by atoms with Crippen molar-refractivity contribution in [3.8, 4) is 0 Å². The molecule has 0 spiro atoms. The first-order valence-electron chi connectivity index (χ1n) is 10.00. The Morgan fingerprint density at radius 3 is 2.87 bits per heavy atom. The molecule has 1 saturated heterocycles. The zero-order valence-corrected chi connectivity index (χ0v) is 18.2. The van der Waals surface area contributed by atoms with E-state index in [0.717, 1.165) is 48.3 Å². The molecule has 0 unspecified atom stereocenters. The summed E-state index contributed by atoms with van der Waals surface area (Å²) in [7, 11) is 2.04. The van der Waals surface area contributed by atoms with Crippen molar-refractivity contribution < 1.29 is 4.79 Å². The smallest absolute Gasteiger partial charge is 0.241 e. The first-order valence-corrected chi connectivity index (χ1v) is 10.8. The number of amides is 1. The van der Waals surface area contributed by atoms with Gasteiger partial charge in [0.05, 0.1) is 11.9 Å². The number of anilines is 2. The molecule has 2 aromatic heterocycles. The summed E-state index contributed by atoms with van der Waals surface area (Å²) in [6.45, 7) is 1.61. The zero-order chi connectivity index (χ0) is 21.1. The topological polar surface area (TPSA) is 77.2 Å². The van der Waals surface area contributed by atoms with Crippen LogP contribution in [0.1, 0.15) is 19.3 Å². The molecular weight excluding hydrogens is 423 g/mol. The predicted octanol–water partition coefficient (Wildman–Crippen LogP) is 4.19. The number of aromatic nitrogens is 3. The van der Waals surface area contributed by atoms with Crippen molar-refractivity contribution in [3.05, 3.63) is 46.8 Å². The molecule has 1 fully saturated rings. The van der Waals surface area contributed by atoms with Gasteiger partial charge in [0.25, 0.3) is 0 Å². The molecule has 7 nitrogen and oxygen atoms in total. The van der Waals surface area contributed by atoms with Crippen LogP contribution in [-0.4, -0.2) is 58.5 Å². The lowest BCUT2D eigenvalue weighted by Gasteiger charge is -2.32. The number of aromatic amines is 1. The quantitative estimate of drug-likeness (QED) is 0.613. The van der Waals surface area contributed by atoms with Crippen LogP contribution in [0, 0.1) is 0 Å². The third-order valence-electron chi connectivity index (χ3n) is 5.52. The summed E-state index contributed by atoms with van der Waals surface area (Å²) < 4.78 is 0. The van der Waals surface area contributed by atoms with Crippen molar-refractivity contribution in [2.75, 3.05) is 36.9 Å². The fraction of sp³-hybridized carbons (Fsp3) is 0.381. The molecule has 0 saturated carbocycles. The Bertz CT molecular complexity index is 1020. The number of carbonyl (C=O) groups is 1. The van der Waals surface area contributed by atoms with Gasteiger partial charge in [0.2, 0.25) is 5.91 Å². The largest absolute Gasteiger partial charge is 0.376 e. The number of fused-ring (bicyclic) bond motifs is 1. The molecule has 0 bridgehead atoms. The van der Waals surface area contributed by atoms with E-state index in [4.69, 9.17) is 23.2 Å². The number of nitrogens with zero attached hydrogens (tertiary/aromatic N) is 4. The number of H-pyrrole nitrogens is 1. The van der Waals surface area contributed by atoms with Crippen molar-refractivity contribution in [2.24, 2.45) is 0 Å². The predicted molar refractivity (Wildman–Crippen MR) is 121 cm³/mol. The minimum atomic E-state index is 0.0564. The molecule has 9 heteroatoms. The van der Waals surface area contributed by atoms with Gasteiger partial charge in [-0.05, 0) is 43.5 Å². The Balaban J connectivity index is 1.44. The molecule has 1 aliphatic heterocycles. The molecule has 2 N–H and O–H groups in total. The van der Waals surface area contributed by atoms with Crippen LogP contribution in [0.3, 0.4) is 0 Å². The van der Waals surface area contributed by atoms with Crippen LogP contribution in [-0.2, 0) is 4.79 Å². The lowest BCUT2D eigenvalue weighted by Crippen LogP contribution is -2.45. The third-order valence-corrected chi connectivity index (χ3v) is 5.96. The third kappa shape index (κ3) is 4.63. The van der Waals surface area contributed by atoms with Crippen LogP contribution in [0.2, 0.25) is 10.0 Å². The molecule has 3 aromatic rings. The van der Waals surface area contributed by atoms with Crippen molar-refractivity contribution >= 4 is 51.6 Å². The minimum absolute atomic E-state index is 0.0564. The van der Waals surface area contributed by atoms with E-state index in [-0.39, 0.29) is 18.5 Å². The molecule has 1 atom stereocenters. The summed E-state index contributed by atoms with van der Waals surface area (Å²) in [5, 5.41) is 5.20. The van der Waals surface area contributed by atoms with Crippen molar-refractivity contribution in [3.63, 3.8) is 0 Å². The Hall–Kier alpha value is -2.51. The van der Waals surface area contributed by atoms with E-state index in [0.29, 0.717) is 16.6 Å². The van der Waals surface area contributed by atoms with Crippen LogP contribution in [0.25, 0.3) is 11.0 Å². The molecule has 0 aliphatic carbocycles. The highest BCUT2D eigenvalue weighted by Crippen LogP contribution is 2.26. The van der Waals surface area contributed by atoms with E-state index >= 15 is 0 Å². The Kier molecular flexibility index (Phi) is 6.29. The summed E-state index contributed by atoms with van der Waals surface area (Å²) in [4.78, 5) is 28.9. The maximum atomic E-state index is 12.9. The summed E-state index contributed by atoms with van der Waals surface area (Å²) in [6.07, 6.45) is 6.51. The average Bonchev–Trinajstić information content (AvgIpc) is 3.07. The Morgan fingerprint density at radius 1 is 1.27 bits per heavy atom. The number of hydrogen-bond acceptors (Lipinski definition) is 5. The first kappa shape index (κ1) is 20.8. The van der Waals surface area contributed by atoms with Crippen LogP contribution in [0.5, 0.6) is 0 Å². The number of benzene rings is 1. The molecular formula is C21H24Cl2N6O. The Labute approximate surface area is 185 Å².